The van der Waals surface area contributed by atoms with Gasteiger partial charge >= 0.3 is 0 Å². The number of hydrogen-bond acceptors (Lipinski definition) is 1. The molecule has 2 N–H and O–H groups in total. The first-order valence-corrected chi connectivity index (χ1v) is 6.64. The first kappa shape index (κ1) is 11.9. The Kier molecular flexibility index (Phi) is 3.29. The lowest BCUT2D eigenvalue weighted by Crippen LogP contribution is -2.40. The Morgan fingerprint density at radius 2 is 1.37 bits per heavy atom. The molecule has 2 nitrogen and oxygen atoms in total. The van der Waals surface area contributed by atoms with Crippen LogP contribution >= 0.6 is 12.2 Å². The van der Waals surface area contributed by atoms with Gasteiger partial charge in [0.2, 0.25) is 0 Å². The van der Waals surface area contributed by atoms with E-state index in [1.54, 1.807) is 0 Å². The molecule has 2 aromatic carbocycles. The highest BCUT2D eigenvalue weighted by Crippen LogP contribution is 2.25. The summed E-state index contributed by atoms with van der Waals surface area (Å²) < 4.78 is 0. The highest BCUT2D eigenvalue weighted by Gasteiger charge is 2.17. The van der Waals surface area contributed by atoms with E-state index in [1.165, 1.54) is 11.1 Å². The van der Waals surface area contributed by atoms with Crippen LogP contribution in [0.5, 0.6) is 0 Å². The molecule has 0 bridgehead atoms. The minimum Gasteiger partial charge on any atom is -0.358 e. The average molecular weight is 266 g/mol. The minimum atomic E-state index is 0.679. The van der Waals surface area contributed by atoms with Crippen molar-refractivity contribution in [2.45, 2.75) is 0 Å². The standard InChI is InChI=1S/C16H14N2S/c19-16-17-11-14(12-7-3-1-4-8-12)15(18-16)13-9-5-2-6-10-13/h1-10H,11H2,(H2,17,18,19). The third-order valence-corrected chi connectivity index (χ3v) is 3.40. The fourth-order valence-corrected chi connectivity index (χ4v) is 2.40. The summed E-state index contributed by atoms with van der Waals surface area (Å²) in [5.41, 5.74) is 4.70. The predicted octanol–water partition coefficient (Wildman–Crippen LogP) is 3.03. The van der Waals surface area contributed by atoms with Crippen molar-refractivity contribution in [2.24, 2.45) is 0 Å². The zero-order chi connectivity index (χ0) is 13.1. The lowest BCUT2D eigenvalue weighted by Gasteiger charge is -2.24. The van der Waals surface area contributed by atoms with Gasteiger partial charge in [-0.3, -0.25) is 0 Å². The maximum atomic E-state index is 5.23. The van der Waals surface area contributed by atoms with Gasteiger partial charge in [0.05, 0.1) is 5.70 Å². The second-order valence-corrected chi connectivity index (χ2v) is 4.80. The van der Waals surface area contributed by atoms with Gasteiger partial charge in [0, 0.05) is 12.1 Å². The molecule has 0 aliphatic carbocycles. The Morgan fingerprint density at radius 1 is 0.789 bits per heavy atom. The van der Waals surface area contributed by atoms with Gasteiger partial charge in [-0.1, -0.05) is 60.7 Å². The van der Waals surface area contributed by atoms with Crippen molar-refractivity contribution in [2.75, 3.05) is 6.54 Å². The molecular weight excluding hydrogens is 252 g/mol. The van der Waals surface area contributed by atoms with Gasteiger partial charge in [0.1, 0.15) is 0 Å². The molecule has 0 radical (unpaired) electrons. The summed E-state index contributed by atoms with van der Waals surface area (Å²) in [5, 5.41) is 7.15. The molecule has 0 saturated heterocycles. The maximum absolute atomic E-state index is 5.23. The van der Waals surface area contributed by atoms with Gasteiger partial charge in [-0.05, 0) is 23.3 Å². The smallest absolute Gasteiger partial charge is 0.171 e. The normalized spacial score (nSPS) is 14.8. The Balaban J connectivity index is 2.13. The third kappa shape index (κ3) is 2.51. The summed E-state index contributed by atoms with van der Waals surface area (Å²) in [6.07, 6.45) is 0. The van der Waals surface area contributed by atoms with Gasteiger partial charge in [0.25, 0.3) is 0 Å². The summed E-state index contributed by atoms with van der Waals surface area (Å²) >= 11 is 5.23. The van der Waals surface area contributed by atoms with Crippen molar-refractivity contribution in [1.29, 1.82) is 0 Å². The van der Waals surface area contributed by atoms with Gasteiger partial charge in [-0.2, -0.15) is 0 Å². The van der Waals surface area contributed by atoms with Crippen molar-refractivity contribution >= 4 is 28.6 Å². The molecule has 0 fully saturated rings. The molecule has 0 amide bonds. The number of hydrogen-bond donors (Lipinski definition) is 2. The highest BCUT2D eigenvalue weighted by atomic mass is 32.1. The predicted molar refractivity (Wildman–Crippen MR) is 83.4 cm³/mol. The van der Waals surface area contributed by atoms with E-state index in [9.17, 15) is 0 Å². The van der Waals surface area contributed by atoms with Gasteiger partial charge in [0.15, 0.2) is 5.11 Å². The average Bonchev–Trinajstić information content (AvgIpc) is 2.49. The third-order valence-electron chi connectivity index (χ3n) is 3.15. The topological polar surface area (TPSA) is 24.1 Å². The fourth-order valence-electron chi connectivity index (χ4n) is 2.23. The zero-order valence-corrected chi connectivity index (χ0v) is 11.2. The van der Waals surface area contributed by atoms with Crippen molar-refractivity contribution in [3.63, 3.8) is 0 Å². The van der Waals surface area contributed by atoms with Crippen molar-refractivity contribution < 1.29 is 0 Å². The lowest BCUT2D eigenvalue weighted by molar-refractivity contribution is 0.994. The number of rotatable bonds is 2. The quantitative estimate of drug-likeness (QED) is 0.817. The van der Waals surface area contributed by atoms with E-state index >= 15 is 0 Å². The van der Waals surface area contributed by atoms with Crippen molar-refractivity contribution in [3.05, 3.63) is 71.8 Å². The highest BCUT2D eigenvalue weighted by molar-refractivity contribution is 7.80. The molecule has 0 atom stereocenters. The molecule has 1 aliphatic heterocycles. The largest absolute Gasteiger partial charge is 0.358 e. The maximum Gasteiger partial charge on any atom is 0.171 e. The Hall–Kier alpha value is -2.13. The molecule has 19 heavy (non-hydrogen) atoms. The first-order valence-electron chi connectivity index (χ1n) is 6.23. The summed E-state index contributed by atoms with van der Waals surface area (Å²) in [7, 11) is 0. The van der Waals surface area contributed by atoms with Crippen LogP contribution in [0.25, 0.3) is 11.3 Å². The van der Waals surface area contributed by atoms with Crippen LogP contribution in [0.2, 0.25) is 0 Å². The monoisotopic (exact) mass is 266 g/mol. The molecule has 1 aliphatic rings. The Bertz CT molecular complexity index is 618. The van der Waals surface area contributed by atoms with E-state index in [1.807, 2.05) is 24.3 Å². The van der Waals surface area contributed by atoms with E-state index in [-0.39, 0.29) is 0 Å². The number of nitrogens with one attached hydrogen (secondary N) is 2. The van der Waals surface area contributed by atoms with E-state index in [4.69, 9.17) is 12.2 Å². The summed E-state index contributed by atoms with van der Waals surface area (Å²) in [4.78, 5) is 0. The van der Waals surface area contributed by atoms with Gasteiger partial charge in [-0.15, -0.1) is 0 Å². The summed E-state index contributed by atoms with van der Waals surface area (Å²) in [6, 6.07) is 20.7. The molecule has 1 heterocycles. The van der Waals surface area contributed by atoms with E-state index in [0.29, 0.717) is 5.11 Å². The van der Waals surface area contributed by atoms with Crippen LogP contribution < -0.4 is 10.6 Å². The van der Waals surface area contributed by atoms with Crippen molar-refractivity contribution in [3.8, 4) is 0 Å². The zero-order valence-electron chi connectivity index (χ0n) is 10.4. The SMILES string of the molecule is S=C1NCC(c2ccccc2)=C(c2ccccc2)N1. The number of benzene rings is 2. The molecular formula is C16H14N2S. The molecule has 0 spiro atoms. The molecule has 0 unspecified atom stereocenters. The van der Waals surface area contributed by atoms with Crippen LogP contribution in [-0.4, -0.2) is 11.7 Å². The van der Waals surface area contributed by atoms with E-state index in [0.717, 1.165) is 17.8 Å². The summed E-state index contributed by atoms with van der Waals surface area (Å²) in [5.74, 6) is 0. The molecule has 3 heteroatoms. The second kappa shape index (κ2) is 5.24. The molecule has 0 saturated carbocycles. The molecule has 0 aromatic heterocycles. The molecule has 3 rings (SSSR count). The Morgan fingerprint density at radius 3 is 2.00 bits per heavy atom. The molecule has 94 valence electrons. The van der Waals surface area contributed by atoms with Crippen LogP contribution in [0, 0.1) is 0 Å². The van der Waals surface area contributed by atoms with Crippen LogP contribution in [0.15, 0.2) is 60.7 Å². The van der Waals surface area contributed by atoms with Crippen LogP contribution in [0.1, 0.15) is 11.1 Å². The van der Waals surface area contributed by atoms with Gasteiger partial charge < -0.3 is 10.6 Å². The van der Waals surface area contributed by atoms with Crippen LogP contribution in [-0.2, 0) is 0 Å². The molecule has 2 aromatic rings. The summed E-state index contributed by atoms with van der Waals surface area (Å²) in [6.45, 7) is 0.750. The van der Waals surface area contributed by atoms with E-state index in [2.05, 4.69) is 47.0 Å². The number of thiocarbonyl (C=S) groups is 1. The van der Waals surface area contributed by atoms with Crippen molar-refractivity contribution in [1.82, 2.24) is 10.6 Å². The fraction of sp³-hybridized carbons (Fsp3) is 0.0625. The lowest BCUT2D eigenvalue weighted by atomic mass is 9.98. The second-order valence-electron chi connectivity index (χ2n) is 4.39. The van der Waals surface area contributed by atoms with Crippen LogP contribution in [0.4, 0.5) is 0 Å². The first-order chi connectivity index (χ1) is 9.34. The minimum absolute atomic E-state index is 0.679. The van der Waals surface area contributed by atoms with Gasteiger partial charge in [-0.25, -0.2) is 0 Å². The van der Waals surface area contributed by atoms with Crippen LogP contribution in [0.3, 0.4) is 0 Å². The Labute approximate surface area is 118 Å². The van der Waals surface area contributed by atoms with E-state index < -0.39 is 0 Å².